The molecule has 2 aromatic carbocycles. The van der Waals surface area contributed by atoms with E-state index in [-0.39, 0.29) is 0 Å². The van der Waals surface area contributed by atoms with Gasteiger partial charge in [0.15, 0.2) is 0 Å². The lowest BCUT2D eigenvalue weighted by Gasteiger charge is -2.29. The van der Waals surface area contributed by atoms with Crippen LogP contribution in [0, 0.1) is 0 Å². The van der Waals surface area contributed by atoms with Crippen LogP contribution in [0.5, 0.6) is 0 Å². The number of fused-ring (bicyclic) bond motifs is 1. The lowest BCUT2D eigenvalue weighted by molar-refractivity contribution is 0.200. The monoisotopic (exact) mass is 334 g/mol. The average molecular weight is 334 g/mol. The Balaban J connectivity index is 1.64. The summed E-state index contributed by atoms with van der Waals surface area (Å²) in [5, 5.41) is 0. The lowest BCUT2D eigenvalue weighted by Crippen LogP contribution is -2.34. The van der Waals surface area contributed by atoms with Gasteiger partial charge in [-0.05, 0) is 38.2 Å². The fourth-order valence-electron chi connectivity index (χ4n) is 3.92. The minimum Gasteiger partial charge on any atom is -0.329 e. The maximum absolute atomic E-state index is 4.57. The molecule has 0 radical (unpaired) electrons. The highest BCUT2D eigenvalue weighted by Gasteiger charge is 2.30. The lowest BCUT2D eigenvalue weighted by atomic mass is 10.1. The van der Waals surface area contributed by atoms with Crippen LogP contribution in [-0.4, -0.2) is 52.6 Å². The first-order valence-electron chi connectivity index (χ1n) is 9.07. The zero-order valence-electron chi connectivity index (χ0n) is 15.0. The summed E-state index contributed by atoms with van der Waals surface area (Å²) < 4.78 is 2.30. The summed E-state index contributed by atoms with van der Waals surface area (Å²) in [6, 6.07) is 20.3. The molecular weight excluding hydrogens is 308 g/mol. The fraction of sp³-hybridized carbons (Fsp3) is 0.381. The maximum atomic E-state index is 4.57. The molecule has 0 saturated carbocycles. The number of hydrogen-bond acceptors (Lipinski definition) is 3. The van der Waals surface area contributed by atoms with Crippen molar-refractivity contribution >= 4 is 11.0 Å². The minimum atomic E-state index is 0.378. The highest BCUT2D eigenvalue weighted by Crippen LogP contribution is 2.29. The maximum Gasteiger partial charge on any atom is 0.0958 e. The smallest absolute Gasteiger partial charge is 0.0958 e. The van der Waals surface area contributed by atoms with Crippen LogP contribution in [0.3, 0.4) is 0 Å². The number of benzene rings is 2. The second-order valence-electron chi connectivity index (χ2n) is 7.21. The van der Waals surface area contributed by atoms with Crippen molar-refractivity contribution in [3.05, 3.63) is 66.5 Å². The molecule has 0 bridgehead atoms. The second-order valence-corrected chi connectivity index (χ2v) is 7.21. The number of hydrogen-bond donors (Lipinski definition) is 0. The SMILES string of the molecule is CN(C)C1CCN(C(Cn2cnc3ccccc32)c2ccccc2)C1. The van der Waals surface area contributed by atoms with Gasteiger partial charge in [0.1, 0.15) is 0 Å². The van der Waals surface area contributed by atoms with Crippen LogP contribution >= 0.6 is 0 Å². The molecule has 0 spiro atoms. The summed E-state index contributed by atoms with van der Waals surface area (Å²) in [5.41, 5.74) is 3.67. The molecule has 0 N–H and O–H groups in total. The Morgan fingerprint density at radius 3 is 2.60 bits per heavy atom. The third-order valence-electron chi connectivity index (χ3n) is 5.45. The first-order valence-corrected chi connectivity index (χ1v) is 9.07. The van der Waals surface area contributed by atoms with E-state index in [2.05, 4.69) is 88.0 Å². The molecular formula is C21H26N4. The molecule has 2 atom stereocenters. The standard InChI is InChI=1S/C21H26N4/c1-23(2)18-12-13-24(14-18)21(17-8-4-3-5-9-17)15-25-16-22-19-10-6-7-11-20(19)25/h3-11,16,18,21H,12-15H2,1-2H3. The summed E-state index contributed by atoms with van der Waals surface area (Å²) >= 11 is 0. The highest BCUT2D eigenvalue weighted by molar-refractivity contribution is 5.74. The summed E-state index contributed by atoms with van der Waals surface area (Å²) in [5.74, 6) is 0. The normalized spacial score (nSPS) is 19.7. The molecule has 0 aliphatic carbocycles. The first-order chi connectivity index (χ1) is 12.2. The van der Waals surface area contributed by atoms with Gasteiger partial charge < -0.3 is 9.47 Å². The largest absolute Gasteiger partial charge is 0.329 e. The molecule has 1 aliphatic heterocycles. The van der Waals surface area contributed by atoms with Crippen LogP contribution in [0.1, 0.15) is 18.0 Å². The summed E-state index contributed by atoms with van der Waals surface area (Å²) in [7, 11) is 4.38. The van der Waals surface area contributed by atoms with E-state index in [0.29, 0.717) is 12.1 Å². The number of rotatable bonds is 5. The topological polar surface area (TPSA) is 24.3 Å². The van der Waals surface area contributed by atoms with Crippen molar-refractivity contribution < 1.29 is 0 Å². The van der Waals surface area contributed by atoms with E-state index in [9.17, 15) is 0 Å². The van der Waals surface area contributed by atoms with E-state index in [1.54, 1.807) is 0 Å². The number of likely N-dealkylation sites (N-methyl/N-ethyl adjacent to an activating group) is 1. The Morgan fingerprint density at radius 2 is 1.84 bits per heavy atom. The number of imidazole rings is 1. The molecule has 2 heterocycles. The molecule has 1 saturated heterocycles. The van der Waals surface area contributed by atoms with Crippen molar-refractivity contribution in [3.63, 3.8) is 0 Å². The van der Waals surface area contributed by atoms with Crippen molar-refractivity contribution in [2.24, 2.45) is 0 Å². The van der Waals surface area contributed by atoms with Gasteiger partial charge in [-0.15, -0.1) is 0 Å². The van der Waals surface area contributed by atoms with Gasteiger partial charge in [-0.1, -0.05) is 42.5 Å². The van der Waals surface area contributed by atoms with Crippen molar-refractivity contribution in [2.75, 3.05) is 27.2 Å². The van der Waals surface area contributed by atoms with Crippen LogP contribution in [0.25, 0.3) is 11.0 Å². The van der Waals surface area contributed by atoms with Crippen molar-refractivity contribution in [2.45, 2.75) is 25.0 Å². The third-order valence-corrected chi connectivity index (χ3v) is 5.45. The molecule has 3 aromatic rings. The quantitative estimate of drug-likeness (QED) is 0.715. The molecule has 4 nitrogen and oxygen atoms in total. The summed E-state index contributed by atoms with van der Waals surface area (Å²) in [6.07, 6.45) is 3.22. The second kappa shape index (κ2) is 6.98. The Bertz CT molecular complexity index is 824. The predicted molar refractivity (Wildman–Crippen MR) is 103 cm³/mol. The number of likely N-dealkylation sites (tertiary alicyclic amines) is 1. The van der Waals surface area contributed by atoms with E-state index >= 15 is 0 Å². The Morgan fingerprint density at radius 1 is 1.08 bits per heavy atom. The molecule has 130 valence electrons. The number of nitrogens with zero attached hydrogens (tertiary/aromatic N) is 4. The number of para-hydroxylation sites is 2. The molecule has 4 heteroatoms. The van der Waals surface area contributed by atoms with E-state index in [1.807, 2.05) is 6.33 Å². The average Bonchev–Trinajstić information content (AvgIpc) is 3.28. The minimum absolute atomic E-state index is 0.378. The van der Waals surface area contributed by atoms with Gasteiger partial charge in [-0.2, -0.15) is 0 Å². The van der Waals surface area contributed by atoms with Crippen LogP contribution in [0.15, 0.2) is 60.9 Å². The Hall–Kier alpha value is -2.17. The van der Waals surface area contributed by atoms with Crippen molar-refractivity contribution in [1.82, 2.24) is 19.4 Å². The van der Waals surface area contributed by atoms with Gasteiger partial charge in [0.05, 0.1) is 23.4 Å². The van der Waals surface area contributed by atoms with E-state index in [0.717, 1.165) is 25.2 Å². The van der Waals surface area contributed by atoms with Gasteiger partial charge in [0.2, 0.25) is 0 Å². The molecule has 25 heavy (non-hydrogen) atoms. The van der Waals surface area contributed by atoms with Gasteiger partial charge in [0, 0.05) is 25.7 Å². The van der Waals surface area contributed by atoms with Crippen LogP contribution in [0.2, 0.25) is 0 Å². The molecule has 1 aliphatic rings. The van der Waals surface area contributed by atoms with Crippen molar-refractivity contribution in [3.8, 4) is 0 Å². The van der Waals surface area contributed by atoms with E-state index < -0.39 is 0 Å². The highest BCUT2D eigenvalue weighted by atomic mass is 15.3. The molecule has 0 amide bonds. The zero-order chi connectivity index (χ0) is 17.2. The third kappa shape index (κ3) is 3.32. The van der Waals surface area contributed by atoms with Crippen molar-refractivity contribution in [1.29, 1.82) is 0 Å². The predicted octanol–water partition coefficient (Wildman–Crippen LogP) is 3.41. The molecule has 1 fully saturated rings. The van der Waals surface area contributed by atoms with Gasteiger partial charge in [-0.25, -0.2) is 4.98 Å². The van der Waals surface area contributed by atoms with Gasteiger partial charge in [-0.3, -0.25) is 4.90 Å². The Kier molecular flexibility index (Phi) is 4.55. The molecule has 1 aromatic heterocycles. The zero-order valence-corrected chi connectivity index (χ0v) is 15.0. The van der Waals surface area contributed by atoms with Crippen LogP contribution in [-0.2, 0) is 6.54 Å². The van der Waals surface area contributed by atoms with Gasteiger partial charge >= 0.3 is 0 Å². The Labute approximate surface area is 149 Å². The van der Waals surface area contributed by atoms with E-state index in [1.165, 1.54) is 17.5 Å². The fourth-order valence-corrected chi connectivity index (χ4v) is 3.92. The first kappa shape index (κ1) is 16.3. The summed E-state index contributed by atoms with van der Waals surface area (Å²) in [4.78, 5) is 9.56. The van der Waals surface area contributed by atoms with Crippen LogP contribution in [0.4, 0.5) is 0 Å². The van der Waals surface area contributed by atoms with E-state index in [4.69, 9.17) is 0 Å². The van der Waals surface area contributed by atoms with Crippen LogP contribution < -0.4 is 0 Å². The number of aromatic nitrogens is 2. The molecule has 4 rings (SSSR count). The molecule has 2 unspecified atom stereocenters. The van der Waals surface area contributed by atoms with Gasteiger partial charge in [0.25, 0.3) is 0 Å². The summed E-state index contributed by atoms with van der Waals surface area (Å²) in [6.45, 7) is 3.21.